The molecule has 0 aliphatic heterocycles. The van der Waals surface area contributed by atoms with Gasteiger partial charge < -0.3 is 35.1 Å². The molecule has 3 rings (SSSR count). The van der Waals surface area contributed by atoms with Gasteiger partial charge in [-0.25, -0.2) is 9.78 Å². The molecule has 0 atom stereocenters. The lowest BCUT2D eigenvalue weighted by atomic mass is 10.1. The number of nitrogens with one attached hydrogen (secondary N) is 2. The molecule has 1 aromatic carbocycles. The quantitative estimate of drug-likeness (QED) is 0.102. The number of nitrogens with two attached hydrogens (primary N) is 1. The first-order chi connectivity index (χ1) is 21.3. The van der Waals surface area contributed by atoms with E-state index in [1.807, 2.05) is 24.5 Å². The van der Waals surface area contributed by atoms with Crippen LogP contribution in [0, 0.1) is 6.92 Å². The number of amides is 2. The number of esters is 1. The number of aryl methyl sites for hydroxylation is 2. The third-order valence-corrected chi connectivity index (χ3v) is 5.97. The van der Waals surface area contributed by atoms with Gasteiger partial charge in [-0.1, -0.05) is 12.2 Å². The van der Waals surface area contributed by atoms with Crippen LogP contribution in [0.15, 0.2) is 30.4 Å². The monoisotopic (exact) mass is 627 g/mol. The van der Waals surface area contributed by atoms with Gasteiger partial charge in [-0.05, 0) is 66.2 Å². The first-order valence-electron chi connectivity index (χ1n) is 14.7. The molecule has 246 valence electrons. The first-order valence-corrected chi connectivity index (χ1v) is 14.7. The summed E-state index contributed by atoms with van der Waals surface area (Å²) in [4.78, 5) is 50.1. The third-order valence-electron chi connectivity index (χ3n) is 5.97. The summed E-state index contributed by atoms with van der Waals surface area (Å²) in [6.07, 6.45) is 4.66. The summed E-state index contributed by atoms with van der Waals surface area (Å²) in [5, 5.41) is 9.79. The van der Waals surface area contributed by atoms with Crippen LogP contribution in [-0.2, 0) is 27.4 Å². The number of benzene rings is 1. The number of imidazole rings is 1. The number of alkyl carbamates (subject to hydrolysis) is 1. The van der Waals surface area contributed by atoms with Crippen LogP contribution in [0.5, 0.6) is 5.75 Å². The summed E-state index contributed by atoms with van der Waals surface area (Å²) in [5.74, 6) is 0.0916. The van der Waals surface area contributed by atoms with Gasteiger partial charge in [0.15, 0.2) is 6.29 Å². The Morgan fingerprint density at radius 2 is 1.84 bits per heavy atom. The number of hydrogen-bond acceptors (Lipinski definition) is 10. The number of hydrogen-bond donors (Lipinski definition) is 3. The molecule has 0 unspecified atom stereocenters. The van der Waals surface area contributed by atoms with Crippen LogP contribution in [0.25, 0.3) is 11.0 Å². The third kappa shape index (κ3) is 11.6. The van der Waals surface area contributed by atoms with Crippen molar-refractivity contribution in [3.8, 4) is 5.75 Å². The molecule has 4 N–H and O–H groups in total. The van der Waals surface area contributed by atoms with E-state index in [1.54, 1.807) is 63.7 Å². The molecule has 45 heavy (non-hydrogen) atoms. The van der Waals surface area contributed by atoms with Crippen molar-refractivity contribution in [1.82, 2.24) is 24.6 Å². The van der Waals surface area contributed by atoms with Gasteiger partial charge in [-0.3, -0.25) is 19.1 Å². The number of allylic oxidation sites excluding steroid dienone is 1. The van der Waals surface area contributed by atoms with Crippen molar-refractivity contribution in [2.24, 2.45) is 5.73 Å². The van der Waals surface area contributed by atoms with E-state index in [0.29, 0.717) is 54.5 Å². The summed E-state index contributed by atoms with van der Waals surface area (Å²) in [7, 11) is 1.74. The van der Waals surface area contributed by atoms with E-state index < -0.39 is 17.6 Å². The second-order valence-corrected chi connectivity index (χ2v) is 10.8. The molecular formula is C31H45N7O7. The van der Waals surface area contributed by atoms with Gasteiger partial charge in [0.25, 0.3) is 0 Å². The summed E-state index contributed by atoms with van der Waals surface area (Å²) < 4.78 is 19.7. The fraction of sp³-hybridized carbons (Fsp3) is 0.484. The maximum absolute atomic E-state index is 11.8. The minimum Gasteiger partial charge on any atom is -0.491 e. The highest BCUT2D eigenvalue weighted by atomic mass is 16.6. The van der Waals surface area contributed by atoms with Crippen molar-refractivity contribution in [2.75, 3.05) is 32.1 Å². The minimum absolute atomic E-state index is 0.223. The molecule has 0 radical (unpaired) electrons. The Hall–Kier alpha value is -4.88. The number of primary amides is 1. The normalized spacial score (nSPS) is 11.1. The predicted molar refractivity (Wildman–Crippen MR) is 171 cm³/mol. The zero-order valence-electron chi connectivity index (χ0n) is 27.1. The van der Waals surface area contributed by atoms with Crippen LogP contribution in [0.2, 0.25) is 0 Å². The summed E-state index contributed by atoms with van der Waals surface area (Å²) >= 11 is 0. The number of carbonyl (C=O) groups is 4. The fourth-order valence-corrected chi connectivity index (χ4v) is 4.12. The molecule has 2 aromatic heterocycles. The molecule has 3 aromatic rings. The fourth-order valence-electron chi connectivity index (χ4n) is 4.12. The molecule has 2 amide bonds. The molecule has 0 spiro atoms. The maximum atomic E-state index is 11.8. The number of aldehydes is 1. The summed E-state index contributed by atoms with van der Waals surface area (Å²) in [5.41, 5.74) is 7.94. The van der Waals surface area contributed by atoms with Crippen molar-refractivity contribution in [3.05, 3.63) is 47.3 Å². The van der Waals surface area contributed by atoms with Gasteiger partial charge >= 0.3 is 12.1 Å². The second-order valence-electron chi connectivity index (χ2n) is 10.8. The lowest BCUT2D eigenvalue weighted by Gasteiger charge is -2.19. The van der Waals surface area contributed by atoms with Crippen molar-refractivity contribution >= 4 is 41.2 Å². The second kappa shape index (κ2) is 17.4. The van der Waals surface area contributed by atoms with Gasteiger partial charge in [0.1, 0.15) is 22.6 Å². The molecule has 0 aliphatic rings. The highest BCUT2D eigenvalue weighted by molar-refractivity contribution is 5.98. The number of ether oxygens (including phenoxy) is 3. The van der Waals surface area contributed by atoms with Gasteiger partial charge in [0.2, 0.25) is 11.9 Å². The number of fused-ring (bicyclic) bond motifs is 1. The van der Waals surface area contributed by atoms with Gasteiger partial charge in [0.05, 0.1) is 24.4 Å². The number of aromatic nitrogens is 4. The number of anilines is 1. The van der Waals surface area contributed by atoms with Crippen LogP contribution in [0.3, 0.4) is 0 Å². The Labute approximate surface area is 263 Å². The molecule has 14 heteroatoms. The Morgan fingerprint density at radius 1 is 1.11 bits per heavy atom. The van der Waals surface area contributed by atoms with Crippen molar-refractivity contribution in [1.29, 1.82) is 0 Å². The van der Waals surface area contributed by atoms with Crippen molar-refractivity contribution < 1.29 is 33.4 Å². The van der Waals surface area contributed by atoms with Gasteiger partial charge in [-0.15, -0.1) is 0 Å². The highest BCUT2D eigenvalue weighted by Crippen LogP contribution is 2.31. The van der Waals surface area contributed by atoms with Crippen LogP contribution in [-0.4, -0.2) is 76.0 Å². The van der Waals surface area contributed by atoms with Crippen LogP contribution in [0.4, 0.5) is 10.7 Å². The van der Waals surface area contributed by atoms with Gasteiger partial charge in [-0.2, -0.15) is 5.10 Å². The Balaban J connectivity index is 0.000000596. The molecule has 0 saturated heterocycles. The average molecular weight is 628 g/mol. The lowest BCUT2D eigenvalue weighted by Crippen LogP contribution is -2.32. The number of nitrogens with zero attached hydrogens (tertiary/aromatic N) is 4. The van der Waals surface area contributed by atoms with E-state index in [9.17, 15) is 19.2 Å². The molecule has 0 saturated carbocycles. The molecule has 0 aliphatic carbocycles. The van der Waals surface area contributed by atoms with Gasteiger partial charge in [0, 0.05) is 38.7 Å². The summed E-state index contributed by atoms with van der Waals surface area (Å²) in [6, 6.07) is 4.95. The van der Waals surface area contributed by atoms with E-state index >= 15 is 0 Å². The van der Waals surface area contributed by atoms with Crippen LogP contribution < -0.4 is 21.1 Å². The SMILES string of the molecule is CCOC(=O)CCCOc1cc(C(N)=O)cc2nc(NC)n(C/C=C/CNC(=O)OC(C)(C)C)c12.CCn1nc(C)cc1C=O. The lowest BCUT2D eigenvalue weighted by molar-refractivity contribution is -0.143. The molecule has 14 nitrogen and oxygen atoms in total. The number of carbonyl (C=O) groups excluding carboxylic acids is 4. The highest BCUT2D eigenvalue weighted by Gasteiger charge is 2.18. The average Bonchev–Trinajstić information content (AvgIpc) is 3.53. The van der Waals surface area contributed by atoms with E-state index in [4.69, 9.17) is 19.9 Å². The van der Waals surface area contributed by atoms with Crippen LogP contribution >= 0.6 is 0 Å². The zero-order valence-corrected chi connectivity index (χ0v) is 27.1. The summed E-state index contributed by atoms with van der Waals surface area (Å²) in [6.45, 7) is 13.0. The van der Waals surface area contributed by atoms with E-state index in [2.05, 4.69) is 20.7 Å². The zero-order chi connectivity index (χ0) is 33.6. The van der Waals surface area contributed by atoms with E-state index in [1.165, 1.54) is 0 Å². The van der Waals surface area contributed by atoms with Crippen LogP contribution in [0.1, 0.15) is 74.0 Å². The Kier molecular flexibility index (Phi) is 14.1. The molecule has 0 bridgehead atoms. The smallest absolute Gasteiger partial charge is 0.407 e. The standard InChI is InChI=1S/C24H35N5O6.C7H10N2O/c1-6-33-19(30)10-9-13-34-18-15-16(21(25)31)14-17-20(18)29(22(26-5)28-17)12-8-7-11-27-23(32)35-24(2,3)4;1-3-9-7(5-10)4-6(2)8-9/h7-8,14-15H,6,9-13H2,1-5H3,(H2,25,31)(H,26,28)(H,27,32);4-5H,3H2,1-2H3/b8-7+;. The molecule has 0 fully saturated rings. The van der Waals surface area contributed by atoms with E-state index in [-0.39, 0.29) is 24.6 Å². The first kappa shape index (κ1) is 36.3. The largest absolute Gasteiger partial charge is 0.491 e. The Bertz CT molecular complexity index is 1490. The van der Waals surface area contributed by atoms with Crippen molar-refractivity contribution in [3.63, 3.8) is 0 Å². The number of rotatable bonds is 14. The molecule has 2 heterocycles. The maximum Gasteiger partial charge on any atom is 0.407 e. The van der Waals surface area contributed by atoms with Crippen molar-refractivity contribution in [2.45, 2.75) is 73.1 Å². The van der Waals surface area contributed by atoms with E-state index in [0.717, 1.165) is 18.5 Å². The Morgan fingerprint density at radius 3 is 2.42 bits per heavy atom. The molecular weight excluding hydrogens is 582 g/mol. The minimum atomic E-state index is -0.600. The topological polar surface area (TPSA) is 182 Å². The predicted octanol–water partition coefficient (Wildman–Crippen LogP) is 4.00.